The predicted octanol–water partition coefficient (Wildman–Crippen LogP) is 1.30. The molecule has 0 N–H and O–H groups in total. The molecule has 0 aromatic heterocycles. The number of methoxy groups -OCH3 is 1. The lowest BCUT2D eigenvalue weighted by Gasteiger charge is -2.07. The fourth-order valence-corrected chi connectivity index (χ4v) is 1.13. The van der Waals surface area contributed by atoms with E-state index in [0.29, 0.717) is 0 Å². The summed E-state index contributed by atoms with van der Waals surface area (Å²) in [5.41, 5.74) is -2.22. The van der Waals surface area contributed by atoms with Crippen LogP contribution in [0.25, 0.3) is 0 Å². The average Bonchev–Trinajstić information content (AvgIpc) is 2.32. The van der Waals surface area contributed by atoms with Crippen LogP contribution >= 0.6 is 0 Å². The van der Waals surface area contributed by atoms with Crippen molar-refractivity contribution in [1.29, 1.82) is 0 Å². The number of hydrogen-bond acceptors (Lipinski definition) is 2. The highest BCUT2D eigenvalue weighted by Crippen LogP contribution is 2.59. The maximum absolute atomic E-state index is 13.0. The molecule has 0 aromatic carbocycles. The summed E-state index contributed by atoms with van der Waals surface area (Å²) in [6.07, 6.45) is 0.284. The zero-order valence-corrected chi connectivity index (χ0v) is 6.40. The smallest absolute Gasteiger partial charge is 0.314 e. The molecule has 1 fully saturated rings. The summed E-state index contributed by atoms with van der Waals surface area (Å²) in [4.78, 5) is 10.8. The number of rotatable bonds is 1. The van der Waals surface area contributed by atoms with Crippen molar-refractivity contribution >= 4 is 5.97 Å². The van der Waals surface area contributed by atoms with Crippen molar-refractivity contribution in [3.63, 3.8) is 0 Å². The monoisotopic (exact) mass is 146 g/mol. The number of esters is 1. The largest absolute Gasteiger partial charge is 0.469 e. The third-order valence-corrected chi connectivity index (χ3v) is 2.35. The van der Waals surface area contributed by atoms with E-state index in [1.165, 1.54) is 14.0 Å². The van der Waals surface area contributed by atoms with Gasteiger partial charge in [0.05, 0.1) is 7.11 Å². The van der Waals surface area contributed by atoms with Gasteiger partial charge in [-0.3, -0.25) is 4.79 Å². The highest BCUT2D eigenvalue weighted by molar-refractivity contribution is 5.82. The first kappa shape index (κ1) is 7.51. The van der Waals surface area contributed by atoms with Crippen molar-refractivity contribution in [3.8, 4) is 0 Å². The fraction of sp³-hybridized carbons (Fsp3) is 0.857. The van der Waals surface area contributed by atoms with Crippen molar-refractivity contribution < 1.29 is 13.9 Å². The maximum Gasteiger partial charge on any atom is 0.314 e. The Kier molecular flexibility index (Phi) is 1.28. The molecule has 1 aliphatic rings. The van der Waals surface area contributed by atoms with Crippen LogP contribution in [0.2, 0.25) is 0 Å². The summed E-state index contributed by atoms with van der Waals surface area (Å²) in [5.74, 6) is -0.447. The minimum absolute atomic E-state index is 0.284. The zero-order chi connectivity index (χ0) is 7.99. The van der Waals surface area contributed by atoms with Crippen molar-refractivity contribution in [1.82, 2.24) is 0 Å². The second-order valence-electron chi connectivity index (χ2n) is 3.20. The molecular formula is C7H11FO2. The molecule has 1 rings (SSSR count). The number of carbonyl (C=O) groups excluding carboxylic acids is 1. The predicted molar refractivity (Wildman–Crippen MR) is 34.3 cm³/mol. The second-order valence-corrected chi connectivity index (χ2v) is 3.20. The molecule has 1 saturated carbocycles. The average molecular weight is 146 g/mol. The number of halogens is 1. The van der Waals surface area contributed by atoms with Gasteiger partial charge in [-0.2, -0.15) is 0 Å². The SMILES string of the molecule is COC(=O)C1(C)C[C@]1(C)F. The summed E-state index contributed by atoms with van der Waals surface area (Å²) < 4.78 is 17.4. The Morgan fingerprint density at radius 2 is 2.00 bits per heavy atom. The van der Waals surface area contributed by atoms with E-state index >= 15 is 0 Å². The van der Waals surface area contributed by atoms with Crippen molar-refractivity contribution in [2.45, 2.75) is 25.9 Å². The van der Waals surface area contributed by atoms with Crippen LogP contribution in [0, 0.1) is 5.41 Å². The van der Waals surface area contributed by atoms with Gasteiger partial charge in [-0.25, -0.2) is 4.39 Å². The molecule has 3 heteroatoms. The van der Waals surface area contributed by atoms with Crippen LogP contribution in [0.15, 0.2) is 0 Å². The van der Waals surface area contributed by atoms with Crippen LogP contribution in [0.5, 0.6) is 0 Å². The van der Waals surface area contributed by atoms with Gasteiger partial charge in [-0.1, -0.05) is 0 Å². The van der Waals surface area contributed by atoms with Gasteiger partial charge in [-0.05, 0) is 13.8 Å². The lowest BCUT2D eigenvalue weighted by molar-refractivity contribution is -0.148. The molecule has 0 spiro atoms. The Labute approximate surface area is 59.4 Å². The van der Waals surface area contributed by atoms with Crippen LogP contribution < -0.4 is 0 Å². The first-order chi connectivity index (χ1) is 4.44. The van der Waals surface area contributed by atoms with Crippen LogP contribution in [0.4, 0.5) is 4.39 Å². The summed E-state index contributed by atoms with van der Waals surface area (Å²) >= 11 is 0. The maximum atomic E-state index is 13.0. The van der Waals surface area contributed by atoms with Gasteiger partial charge in [0.15, 0.2) is 0 Å². The van der Waals surface area contributed by atoms with E-state index in [1.807, 2.05) is 0 Å². The van der Waals surface area contributed by atoms with Crippen molar-refractivity contribution in [2.75, 3.05) is 7.11 Å². The topological polar surface area (TPSA) is 26.3 Å². The Balaban J connectivity index is 2.68. The van der Waals surface area contributed by atoms with Crippen molar-refractivity contribution in [3.05, 3.63) is 0 Å². The van der Waals surface area contributed by atoms with Crippen LogP contribution in [-0.2, 0) is 9.53 Å². The molecule has 2 nitrogen and oxygen atoms in total. The third-order valence-electron chi connectivity index (χ3n) is 2.35. The van der Waals surface area contributed by atoms with Crippen LogP contribution in [0.1, 0.15) is 20.3 Å². The number of alkyl halides is 1. The first-order valence-corrected chi connectivity index (χ1v) is 3.21. The molecule has 2 atom stereocenters. The summed E-state index contributed by atoms with van der Waals surface area (Å²) in [6, 6.07) is 0. The van der Waals surface area contributed by atoms with Gasteiger partial charge < -0.3 is 4.74 Å². The first-order valence-electron chi connectivity index (χ1n) is 3.21. The minimum atomic E-state index is -1.35. The molecule has 0 aliphatic heterocycles. The highest BCUT2D eigenvalue weighted by atomic mass is 19.1. The van der Waals surface area contributed by atoms with E-state index in [2.05, 4.69) is 4.74 Å². The lowest BCUT2D eigenvalue weighted by atomic mass is 10.1. The van der Waals surface area contributed by atoms with Gasteiger partial charge in [0, 0.05) is 6.42 Å². The highest BCUT2D eigenvalue weighted by Gasteiger charge is 2.68. The molecule has 10 heavy (non-hydrogen) atoms. The molecule has 58 valence electrons. The van der Waals surface area contributed by atoms with Gasteiger partial charge in [0.25, 0.3) is 0 Å². The number of carbonyl (C=O) groups is 1. The third kappa shape index (κ3) is 0.728. The summed E-state index contributed by atoms with van der Waals surface area (Å²) in [7, 11) is 1.28. The van der Waals surface area contributed by atoms with E-state index < -0.39 is 17.1 Å². The minimum Gasteiger partial charge on any atom is -0.469 e. The quantitative estimate of drug-likeness (QED) is 0.521. The van der Waals surface area contributed by atoms with Gasteiger partial charge >= 0.3 is 5.97 Å². The lowest BCUT2D eigenvalue weighted by Crippen LogP contribution is -2.21. The van der Waals surface area contributed by atoms with E-state index in [9.17, 15) is 9.18 Å². The molecule has 0 saturated heterocycles. The normalized spacial score (nSPS) is 44.8. The van der Waals surface area contributed by atoms with Crippen molar-refractivity contribution in [2.24, 2.45) is 5.41 Å². The van der Waals surface area contributed by atoms with Crippen LogP contribution in [0.3, 0.4) is 0 Å². The van der Waals surface area contributed by atoms with E-state index in [0.717, 1.165) is 0 Å². The van der Waals surface area contributed by atoms with E-state index in [1.54, 1.807) is 6.92 Å². The standard InChI is InChI=1S/C7H11FO2/c1-6(5(9)10-3)4-7(6,2)8/h4H2,1-3H3/t6?,7-/m0/s1. The number of hydrogen-bond donors (Lipinski definition) is 0. The molecule has 0 aromatic rings. The Hall–Kier alpha value is -0.600. The molecule has 1 unspecified atom stereocenters. The van der Waals surface area contributed by atoms with E-state index in [4.69, 9.17) is 0 Å². The van der Waals surface area contributed by atoms with Gasteiger partial charge in [-0.15, -0.1) is 0 Å². The molecular weight excluding hydrogens is 135 g/mol. The zero-order valence-electron chi connectivity index (χ0n) is 6.40. The fourth-order valence-electron chi connectivity index (χ4n) is 1.13. The molecule has 0 radical (unpaired) electrons. The molecule has 0 amide bonds. The van der Waals surface area contributed by atoms with E-state index in [-0.39, 0.29) is 6.42 Å². The van der Waals surface area contributed by atoms with Gasteiger partial charge in [0.1, 0.15) is 11.1 Å². The Bertz CT molecular complexity index is 176. The van der Waals surface area contributed by atoms with Crippen LogP contribution in [-0.4, -0.2) is 18.7 Å². The molecule has 0 heterocycles. The molecule has 1 aliphatic carbocycles. The van der Waals surface area contributed by atoms with Gasteiger partial charge in [0.2, 0.25) is 0 Å². The Morgan fingerprint density at radius 3 is 2.10 bits per heavy atom. The molecule has 0 bridgehead atoms. The Morgan fingerprint density at radius 1 is 1.60 bits per heavy atom. The number of ether oxygens (including phenoxy) is 1. The summed E-state index contributed by atoms with van der Waals surface area (Å²) in [5, 5.41) is 0. The summed E-state index contributed by atoms with van der Waals surface area (Å²) in [6.45, 7) is 3.00. The second kappa shape index (κ2) is 1.71.